The first-order valence-electron chi connectivity index (χ1n) is 6.65. The van der Waals surface area contributed by atoms with E-state index in [1.165, 1.54) is 6.92 Å². The maximum Gasteiger partial charge on any atom is 0.270 e. The van der Waals surface area contributed by atoms with E-state index in [9.17, 15) is 19.3 Å². The van der Waals surface area contributed by atoms with Gasteiger partial charge in [-0.05, 0) is 38.2 Å². The highest BCUT2D eigenvalue weighted by Gasteiger charge is 2.37. The van der Waals surface area contributed by atoms with Gasteiger partial charge in [-0.1, -0.05) is 6.92 Å². The van der Waals surface area contributed by atoms with Crippen LogP contribution in [0, 0.1) is 22.9 Å². The summed E-state index contributed by atoms with van der Waals surface area (Å²) >= 11 is 0. The number of hydrogen-bond donors (Lipinski definition) is 1. The van der Waals surface area contributed by atoms with Crippen molar-refractivity contribution in [3.63, 3.8) is 0 Å². The zero-order valence-electron chi connectivity index (χ0n) is 11.5. The van der Waals surface area contributed by atoms with Gasteiger partial charge in [-0.2, -0.15) is 0 Å². The molecule has 1 N–H and O–H groups in total. The van der Waals surface area contributed by atoms with E-state index in [2.05, 4.69) is 5.32 Å². The predicted octanol–water partition coefficient (Wildman–Crippen LogP) is 3.10. The molecule has 0 heterocycles. The minimum atomic E-state index is -0.696. The Morgan fingerprint density at radius 1 is 1.50 bits per heavy atom. The van der Waals surface area contributed by atoms with Crippen molar-refractivity contribution in [2.24, 2.45) is 0 Å². The fourth-order valence-corrected chi connectivity index (χ4v) is 2.50. The molecular formula is C14H17FN2O3. The molecule has 1 aromatic carbocycles. The molecule has 0 unspecified atom stereocenters. The number of non-ortho nitro benzene ring substituents is 1. The summed E-state index contributed by atoms with van der Waals surface area (Å²) in [5, 5.41) is 13.6. The average Bonchev–Trinajstić information content (AvgIpc) is 2.36. The maximum absolute atomic E-state index is 14.0. The first-order chi connectivity index (χ1) is 9.38. The number of nitrogens with one attached hydrogen (secondary N) is 1. The summed E-state index contributed by atoms with van der Waals surface area (Å²) in [5.41, 5.74) is -0.699. The highest BCUT2D eigenvalue weighted by Crippen LogP contribution is 2.35. The van der Waals surface area contributed by atoms with Crippen LogP contribution in [0.4, 0.5) is 10.1 Å². The molecule has 5 nitrogen and oxygen atoms in total. The number of nitro benzene ring substituents is 1. The first kappa shape index (κ1) is 14.4. The van der Waals surface area contributed by atoms with E-state index >= 15 is 0 Å². The van der Waals surface area contributed by atoms with Crippen LogP contribution in [0.2, 0.25) is 0 Å². The van der Waals surface area contributed by atoms with Gasteiger partial charge in [0.15, 0.2) is 0 Å². The largest absolute Gasteiger partial charge is 0.347 e. The normalized spacial score (nSPS) is 16.4. The lowest BCUT2D eigenvalue weighted by Crippen LogP contribution is -2.53. The third-order valence-electron chi connectivity index (χ3n) is 4.06. The minimum Gasteiger partial charge on any atom is -0.347 e. The Bertz CT molecular complexity index is 562. The predicted molar refractivity (Wildman–Crippen MR) is 72.1 cm³/mol. The Hall–Kier alpha value is -1.98. The van der Waals surface area contributed by atoms with Crippen LogP contribution in [0.3, 0.4) is 0 Å². The highest BCUT2D eigenvalue weighted by atomic mass is 19.1. The van der Waals surface area contributed by atoms with Gasteiger partial charge in [0.25, 0.3) is 11.6 Å². The van der Waals surface area contributed by atoms with Crippen LogP contribution in [0.1, 0.15) is 48.5 Å². The molecule has 0 spiro atoms. The topological polar surface area (TPSA) is 72.2 Å². The molecule has 1 aliphatic rings. The Kier molecular flexibility index (Phi) is 3.74. The lowest BCUT2D eigenvalue weighted by Gasteiger charge is -2.42. The number of carbonyl (C=O) groups is 1. The van der Waals surface area contributed by atoms with Gasteiger partial charge in [0.05, 0.1) is 10.5 Å². The van der Waals surface area contributed by atoms with Gasteiger partial charge in [-0.15, -0.1) is 0 Å². The number of carbonyl (C=O) groups excluding carboxylic acids is 1. The molecule has 2 rings (SSSR count). The summed E-state index contributed by atoms with van der Waals surface area (Å²) in [5.74, 6) is -1.27. The quantitative estimate of drug-likeness (QED) is 0.680. The van der Waals surface area contributed by atoms with Gasteiger partial charge in [-0.3, -0.25) is 14.9 Å². The van der Waals surface area contributed by atoms with Crippen molar-refractivity contribution in [2.45, 2.75) is 45.1 Å². The summed E-state index contributed by atoms with van der Waals surface area (Å²) in [4.78, 5) is 22.4. The molecule has 1 aliphatic carbocycles. The number of halogens is 1. The van der Waals surface area contributed by atoms with Crippen LogP contribution in [0.5, 0.6) is 0 Å². The van der Waals surface area contributed by atoms with Crippen LogP contribution in [0.15, 0.2) is 12.1 Å². The molecule has 0 saturated heterocycles. The Balaban J connectivity index is 2.31. The van der Waals surface area contributed by atoms with Crippen LogP contribution >= 0.6 is 0 Å². The summed E-state index contributed by atoms with van der Waals surface area (Å²) in [6, 6.07) is 2.13. The fourth-order valence-electron chi connectivity index (χ4n) is 2.50. The molecule has 0 bridgehead atoms. The summed E-state index contributed by atoms with van der Waals surface area (Å²) in [6.45, 7) is 3.38. The van der Waals surface area contributed by atoms with Crippen molar-refractivity contribution in [3.8, 4) is 0 Å². The van der Waals surface area contributed by atoms with Gasteiger partial charge >= 0.3 is 0 Å². The van der Waals surface area contributed by atoms with E-state index < -0.39 is 16.6 Å². The molecule has 1 amide bonds. The van der Waals surface area contributed by atoms with Crippen molar-refractivity contribution >= 4 is 11.6 Å². The molecule has 1 saturated carbocycles. The van der Waals surface area contributed by atoms with E-state index in [0.29, 0.717) is 0 Å². The third kappa shape index (κ3) is 2.50. The van der Waals surface area contributed by atoms with Crippen molar-refractivity contribution in [1.29, 1.82) is 0 Å². The Morgan fingerprint density at radius 2 is 2.15 bits per heavy atom. The number of benzene rings is 1. The number of rotatable bonds is 4. The van der Waals surface area contributed by atoms with Gasteiger partial charge < -0.3 is 5.32 Å². The Labute approximate surface area is 116 Å². The standard InChI is InChI=1S/C14H17FN2O3/c1-3-14(5-4-6-14)16-13(18)11-8-10(17(19)20)7-9(2)12(11)15/h7-8H,3-6H2,1-2H3,(H,16,18). The number of aryl methyl sites for hydroxylation is 1. The molecule has 0 aromatic heterocycles. The van der Waals surface area contributed by atoms with Crippen LogP contribution < -0.4 is 5.32 Å². The summed E-state index contributed by atoms with van der Waals surface area (Å²) in [6.07, 6.45) is 3.54. The molecule has 0 radical (unpaired) electrons. The number of nitro groups is 1. The van der Waals surface area contributed by atoms with Crippen LogP contribution in [0.25, 0.3) is 0 Å². The second-order valence-electron chi connectivity index (χ2n) is 5.32. The molecule has 0 atom stereocenters. The van der Waals surface area contributed by atoms with Crippen molar-refractivity contribution in [3.05, 3.63) is 39.2 Å². The molecule has 1 fully saturated rings. The minimum absolute atomic E-state index is 0.100. The van der Waals surface area contributed by atoms with Crippen LogP contribution in [-0.4, -0.2) is 16.4 Å². The van der Waals surface area contributed by atoms with Crippen molar-refractivity contribution < 1.29 is 14.1 Å². The number of nitrogens with zero attached hydrogens (tertiary/aromatic N) is 1. The van der Waals surface area contributed by atoms with Crippen LogP contribution in [-0.2, 0) is 0 Å². The highest BCUT2D eigenvalue weighted by molar-refractivity contribution is 5.96. The monoisotopic (exact) mass is 280 g/mol. The SMILES string of the molecule is CCC1(NC(=O)c2cc([N+](=O)[O-])cc(C)c2F)CCC1. The van der Waals surface area contributed by atoms with E-state index in [4.69, 9.17) is 0 Å². The lowest BCUT2D eigenvalue weighted by atomic mass is 9.74. The third-order valence-corrected chi connectivity index (χ3v) is 4.06. The van der Waals surface area contributed by atoms with Gasteiger partial charge in [-0.25, -0.2) is 4.39 Å². The molecule has 0 aliphatic heterocycles. The zero-order valence-corrected chi connectivity index (χ0v) is 11.5. The van der Waals surface area contributed by atoms with E-state index in [1.54, 1.807) is 0 Å². The molecule has 20 heavy (non-hydrogen) atoms. The molecular weight excluding hydrogens is 263 g/mol. The molecule has 108 valence electrons. The first-order valence-corrected chi connectivity index (χ1v) is 6.65. The van der Waals surface area contributed by atoms with E-state index in [1.807, 2.05) is 6.92 Å². The van der Waals surface area contributed by atoms with Gasteiger partial charge in [0.1, 0.15) is 5.82 Å². The zero-order chi connectivity index (χ0) is 14.9. The molecule has 1 aromatic rings. The van der Waals surface area contributed by atoms with Gasteiger partial charge in [0.2, 0.25) is 0 Å². The van der Waals surface area contributed by atoms with E-state index in [0.717, 1.165) is 37.8 Å². The number of hydrogen-bond acceptors (Lipinski definition) is 3. The van der Waals surface area contributed by atoms with E-state index in [-0.39, 0.29) is 22.4 Å². The lowest BCUT2D eigenvalue weighted by molar-refractivity contribution is -0.385. The maximum atomic E-state index is 14.0. The number of amides is 1. The summed E-state index contributed by atoms with van der Waals surface area (Å²) in [7, 11) is 0. The smallest absolute Gasteiger partial charge is 0.270 e. The Morgan fingerprint density at radius 3 is 2.60 bits per heavy atom. The van der Waals surface area contributed by atoms with Crippen molar-refractivity contribution in [2.75, 3.05) is 0 Å². The second kappa shape index (κ2) is 5.19. The average molecular weight is 280 g/mol. The fraction of sp³-hybridized carbons (Fsp3) is 0.500. The van der Waals surface area contributed by atoms with Gasteiger partial charge in [0, 0.05) is 17.7 Å². The molecule has 6 heteroatoms. The van der Waals surface area contributed by atoms with Crippen molar-refractivity contribution in [1.82, 2.24) is 5.32 Å². The summed E-state index contributed by atoms with van der Waals surface area (Å²) < 4.78 is 14.0. The second-order valence-corrected chi connectivity index (χ2v) is 5.32.